The number of aryl methyl sites for hydroxylation is 1. The summed E-state index contributed by atoms with van der Waals surface area (Å²) >= 11 is 0. The van der Waals surface area contributed by atoms with Crippen molar-refractivity contribution in [1.82, 2.24) is 5.32 Å². The Morgan fingerprint density at radius 3 is 3.16 bits per heavy atom. The summed E-state index contributed by atoms with van der Waals surface area (Å²) in [5.74, 6) is 0.964. The smallest absolute Gasteiger partial charge is 0.219 e. The van der Waals surface area contributed by atoms with E-state index in [1.165, 1.54) is 5.56 Å². The first kappa shape index (κ1) is 13.7. The summed E-state index contributed by atoms with van der Waals surface area (Å²) in [5, 5.41) is 6.10. The molecule has 1 aromatic carbocycles. The van der Waals surface area contributed by atoms with Crippen LogP contribution < -0.4 is 15.4 Å². The van der Waals surface area contributed by atoms with Crippen LogP contribution in [0.25, 0.3) is 0 Å². The van der Waals surface area contributed by atoms with Crippen molar-refractivity contribution in [3.63, 3.8) is 0 Å². The second kappa shape index (κ2) is 6.45. The molecule has 0 saturated heterocycles. The van der Waals surface area contributed by atoms with Crippen molar-refractivity contribution in [3.8, 4) is 5.75 Å². The van der Waals surface area contributed by atoms with Gasteiger partial charge in [-0.1, -0.05) is 12.1 Å². The molecule has 1 aromatic rings. The van der Waals surface area contributed by atoms with Gasteiger partial charge in [-0.3, -0.25) is 4.79 Å². The summed E-state index contributed by atoms with van der Waals surface area (Å²) in [6.45, 7) is 2.76. The van der Waals surface area contributed by atoms with Gasteiger partial charge in [-0.25, -0.2) is 0 Å². The van der Waals surface area contributed by atoms with E-state index in [0.29, 0.717) is 19.1 Å². The Bertz CT molecular complexity index is 446. The Morgan fingerprint density at radius 2 is 2.37 bits per heavy atom. The van der Waals surface area contributed by atoms with Gasteiger partial charge in [0, 0.05) is 19.5 Å². The number of hydrogen-bond donors (Lipinski definition) is 2. The average molecular weight is 262 g/mol. The van der Waals surface area contributed by atoms with E-state index in [-0.39, 0.29) is 5.91 Å². The molecule has 2 rings (SSSR count). The topological polar surface area (TPSA) is 50.4 Å². The van der Waals surface area contributed by atoms with Gasteiger partial charge >= 0.3 is 0 Å². The van der Waals surface area contributed by atoms with Crippen LogP contribution in [0.15, 0.2) is 18.2 Å². The number of hydrogen-bond acceptors (Lipinski definition) is 3. The molecule has 4 heteroatoms. The standard InChI is InChI=1S/C15H22N2O2/c1-11-8-9-12-5-3-6-13(15(12)17-11)19-10-4-7-14(18)16-2/h3,5-6,11,17H,4,7-10H2,1-2H3,(H,16,18). The number of rotatable bonds is 5. The van der Waals surface area contributed by atoms with E-state index in [0.717, 1.165) is 30.7 Å². The molecule has 0 bridgehead atoms. The van der Waals surface area contributed by atoms with Crippen molar-refractivity contribution in [2.75, 3.05) is 19.0 Å². The highest BCUT2D eigenvalue weighted by atomic mass is 16.5. The van der Waals surface area contributed by atoms with E-state index in [2.05, 4.69) is 23.6 Å². The lowest BCUT2D eigenvalue weighted by atomic mass is 9.98. The highest BCUT2D eigenvalue weighted by Gasteiger charge is 2.17. The third-order valence-corrected chi connectivity index (χ3v) is 3.43. The van der Waals surface area contributed by atoms with Crippen LogP contribution >= 0.6 is 0 Å². The zero-order chi connectivity index (χ0) is 13.7. The monoisotopic (exact) mass is 262 g/mol. The molecule has 0 radical (unpaired) electrons. The van der Waals surface area contributed by atoms with Gasteiger partial charge in [0.15, 0.2) is 0 Å². The highest BCUT2D eigenvalue weighted by Crippen LogP contribution is 2.33. The van der Waals surface area contributed by atoms with Crippen LogP contribution in [0.4, 0.5) is 5.69 Å². The Labute approximate surface area is 114 Å². The lowest BCUT2D eigenvalue weighted by Crippen LogP contribution is -2.22. The molecule has 1 aliphatic heterocycles. The molecule has 104 valence electrons. The first-order valence-electron chi connectivity index (χ1n) is 6.92. The molecule has 1 amide bonds. The van der Waals surface area contributed by atoms with E-state index in [4.69, 9.17) is 4.74 Å². The summed E-state index contributed by atoms with van der Waals surface area (Å²) in [6.07, 6.45) is 3.50. The molecule has 1 unspecified atom stereocenters. The Morgan fingerprint density at radius 1 is 1.53 bits per heavy atom. The van der Waals surface area contributed by atoms with Gasteiger partial charge in [-0.05, 0) is 37.8 Å². The summed E-state index contributed by atoms with van der Waals surface area (Å²) < 4.78 is 5.81. The van der Waals surface area contributed by atoms with Crippen molar-refractivity contribution < 1.29 is 9.53 Å². The average Bonchev–Trinajstić information content (AvgIpc) is 2.43. The molecule has 0 saturated carbocycles. The zero-order valence-electron chi connectivity index (χ0n) is 11.7. The fourth-order valence-corrected chi connectivity index (χ4v) is 2.30. The number of fused-ring (bicyclic) bond motifs is 1. The van der Waals surface area contributed by atoms with E-state index < -0.39 is 0 Å². The molecule has 1 atom stereocenters. The number of anilines is 1. The predicted molar refractivity (Wildman–Crippen MR) is 76.6 cm³/mol. The fourth-order valence-electron chi connectivity index (χ4n) is 2.30. The Hall–Kier alpha value is -1.71. The number of carbonyl (C=O) groups is 1. The third kappa shape index (κ3) is 3.63. The molecule has 2 N–H and O–H groups in total. The van der Waals surface area contributed by atoms with Gasteiger partial charge in [0.05, 0.1) is 12.3 Å². The second-order valence-corrected chi connectivity index (χ2v) is 5.00. The molecule has 1 aliphatic rings. The van der Waals surface area contributed by atoms with E-state index in [9.17, 15) is 4.79 Å². The summed E-state index contributed by atoms with van der Waals surface area (Å²) in [6, 6.07) is 6.66. The lowest BCUT2D eigenvalue weighted by Gasteiger charge is -2.26. The SMILES string of the molecule is CNC(=O)CCCOc1cccc2c1NC(C)CC2. The number of carbonyl (C=O) groups excluding carboxylic acids is 1. The molecule has 0 aliphatic carbocycles. The van der Waals surface area contributed by atoms with Crippen molar-refractivity contribution in [3.05, 3.63) is 23.8 Å². The number of amides is 1. The first-order chi connectivity index (χ1) is 9.20. The maximum atomic E-state index is 11.1. The fraction of sp³-hybridized carbons (Fsp3) is 0.533. The van der Waals surface area contributed by atoms with E-state index in [1.807, 2.05) is 12.1 Å². The molecular weight excluding hydrogens is 240 g/mol. The number of benzene rings is 1. The Kier molecular flexibility index (Phi) is 4.66. The van der Waals surface area contributed by atoms with Crippen molar-refractivity contribution >= 4 is 11.6 Å². The lowest BCUT2D eigenvalue weighted by molar-refractivity contribution is -0.120. The number of nitrogens with one attached hydrogen (secondary N) is 2. The summed E-state index contributed by atoms with van der Waals surface area (Å²) in [5.41, 5.74) is 2.45. The largest absolute Gasteiger partial charge is 0.491 e. The van der Waals surface area contributed by atoms with Crippen LogP contribution in [0.5, 0.6) is 5.75 Å². The van der Waals surface area contributed by atoms with Crippen LogP contribution in [-0.2, 0) is 11.2 Å². The maximum absolute atomic E-state index is 11.1. The van der Waals surface area contributed by atoms with Crippen LogP contribution in [0.3, 0.4) is 0 Å². The second-order valence-electron chi connectivity index (χ2n) is 5.00. The van der Waals surface area contributed by atoms with Crippen LogP contribution in [0.2, 0.25) is 0 Å². The van der Waals surface area contributed by atoms with E-state index in [1.54, 1.807) is 7.05 Å². The van der Waals surface area contributed by atoms with Crippen LogP contribution in [0.1, 0.15) is 31.7 Å². The highest BCUT2D eigenvalue weighted by molar-refractivity contribution is 5.75. The van der Waals surface area contributed by atoms with Crippen LogP contribution in [-0.4, -0.2) is 25.6 Å². The maximum Gasteiger partial charge on any atom is 0.219 e. The minimum absolute atomic E-state index is 0.0606. The van der Waals surface area contributed by atoms with Gasteiger partial charge in [0.2, 0.25) is 5.91 Å². The quantitative estimate of drug-likeness (QED) is 0.801. The predicted octanol–water partition coefficient (Wildman–Crippen LogP) is 2.34. The van der Waals surface area contributed by atoms with Gasteiger partial charge in [0.25, 0.3) is 0 Å². The van der Waals surface area contributed by atoms with Crippen molar-refractivity contribution in [2.45, 2.75) is 38.6 Å². The molecule has 0 aromatic heterocycles. The number of ether oxygens (including phenoxy) is 1. The first-order valence-corrected chi connectivity index (χ1v) is 6.92. The Balaban J connectivity index is 1.92. The van der Waals surface area contributed by atoms with Gasteiger partial charge < -0.3 is 15.4 Å². The minimum Gasteiger partial charge on any atom is -0.491 e. The zero-order valence-corrected chi connectivity index (χ0v) is 11.7. The third-order valence-electron chi connectivity index (χ3n) is 3.43. The molecular formula is C15H22N2O2. The van der Waals surface area contributed by atoms with Crippen LogP contribution in [0, 0.1) is 0 Å². The van der Waals surface area contributed by atoms with Gasteiger partial charge in [0.1, 0.15) is 5.75 Å². The minimum atomic E-state index is 0.0606. The van der Waals surface area contributed by atoms with Gasteiger partial charge in [-0.2, -0.15) is 0 Å². The molecule has 4 nitrogen and oxygen atoms in total. The molecule has 0 fully saturated rings. The van der Waals surface area contributed by atoms with E-state index >= 15 is 0 Å². The van der Waals surface area contributed by atoms with Crippen molar-refractivity contribution in [2.24, 2.45) is 0 Å². The van der Waals surface area contributed by atoms with Crippen molar-refractivity contribution in [1.29, 1.82) is 0 Å². The molecule has 0 spiro atoms. The summed E-state index contributed by atoms with van der Waals surface area (Å²) in [4.78, 5) is 11.1. The summed E-state index contributed by atoms with van der Waals surface area (Å²) in [7, 11) is 1.65. The van der Waals surface area contributed by atoms with Gasteiger partial charge in [-0.15, -0.1) is 0 Å². The number of para-hydroxylation sites is 1. The normalized spacial score (nSPS) is 17.3. The molecule has 19 heavy (non-hydrogen) atoms. The molecule has 1 heterocycles.